The zero-order valence-electron chi connectivity index (χ0n) is 21.7. The third-order valence-corrected chi connectivity index (χ3v) is 8.98. The Hall–Kier alpha value is -4.15. The quantitative estimate of drug-likeness (QED) is 0.0978. The summed E-state index contributed by atoms with van der Waals surface area (Å²) in [6.07, 6.45) is 0.726. The number of Topliss-reactive ketones (excluding diaryl/α,β-unsaturated/α-hetero) is 1. The third-order valence-electron chi connectivity index (χ3n) is 6.85. The highest BCUT2D eigenvalue weighted by Crippen LogP contribution is 2.45. The first-order valence-corrected chi connectivity index (χ1v) is 14.5. The lowest BCUT2D eigenvalue weighted by atomic mass is 9.94. The standard InChI is InChI=1S/C30H25N3O5S2/c1-17-14-21-15-20(10-13-23(21)38-17)26(34)24-25(19-8-11-22(37-2)12-9-19)33(28(36)27(24)35)29-31-32-30(40-29)39-16-18-6-4-3-5-7-18/h3-13,15,17,25,34H,14,16H2,1-2H3/b26-24+/t17-,25+/m1/s1. The van der Waals surface area contributed by atoms with Gasteiger partial charge in [-0.25, -0.2) is 0 Å². The van der Waals surface area contributed by atoms with Crippen LogP contribution >= 0.6 is 23.1 Å². The molecule has 0 unspecified atom stereocenters. The van der Waals surface area contributed by atoms with Gasteiger partial charge in [-0.05, 0) is 53.9 Å². The minimum Gasteiger partial charge on any atom is -0.507 e. The number of fused-ring (bicyclic) bond motifs is 1. The Kier molecular flexibility index (Phi) is 7.03. The van der Waals surface area contributed by atoms with Crippen molar-refractivity contribution in [1.29, 1.82) is 0 Å². The normalized spacial score (nSPS) is 19.5. The zero-order valence-corrected chi connectivity index (χ0v) is 23.4. The van der Waals surface area contributed by atoms with Crippen LogP contribution in [0.3, 0.4) is 0 Å². The summed E-state index contributed by atoms with van der Waals surface area (Å²) in [5.41, 5.74) is 3.15. The van der Waals surface area contributed by atoms with E-state index in [0.29, 0.717) is 33.4 Å². The van der Waals surface area contributed by atoms with Crippen molar-refractivity contribution < 1.29 is 24.2 Å². The molecule has 6 rings (SSSR count). The predicted octanol–water partition coefficient (Wildman–Crippen LogP) is 5.79. The van der Waals surface area contributed by atoms with Gasteiger partial charge in [0, 0.05) is 17.7 Å². The summed E-state index contributed by atoms with van der Waals surface area (Å²) in [7, 11) is 1.56. The number of methoxy groups -OCH3 is 1. The molecule has 0 aliphatic carbocycles. The Morgan fingerprint density at radius 3 is 2.62 bits per heavy atom. The molecule has 8 nitrogen and oxygen atoms in total. The molecule has 2 atom stereocenters. The van der Waals surface area contributed by atoms with E-state index in [1.54, 1.807) is 43.5 Å². The number of aliphatic hydroxyl groups excluding tert-OH is 1. The summed E-state index contributed by atoms with van der Waals surface area (Å²) < 4.78 is 11.8. The molecule has 0 bridgehead atoms. The molecule has 2 aliphatic heterocycles. The lowest BCUT2D eigenvalue weighted by Crippen LogP contribution is -2.29. The number of rotatable bonds is 7. The number of thioether (sulfide) groups is 1. The molecule has 3 heterocycles. The number of amides is 1. The van der Waals surface area contributed by atoms with Crippen LogP contribution in [0.15, 0.2) is 82.7 Å². The van der Waals surface area contributed by atoms with Crippen molar-refractivity contribution in [3.05, 3.63) is 101 Å². The Morgan fingerprint density at radius 2 is 1.88 bits per heavy atom. The van der Waals surface area contributed by atoms with Crippen molar-refractivity contribution >= 4 is 45.7 Å². The average Bonchev–Trinajstić information content (AvgIpc) is 3.67. The second kappa shape index (κ2) is 10.8. The van der Waals surface area contributed by atoms with Crippen LogP contribution in [-0.4, -0.2) is 40.2 Å². The molecule has 0 spiro atoms. The fourth-order valence-electron chi connectivity index (χ4n) is 4.93. The van der Waals surface area contributed by atoms with Crippen molar-refractivity contribution in [3.63, 3.8) is 0 Å². The molecular weight excluding hydrogens is 546 g/mol. The second-order valence-electron chi connectivity index (χ2n) is 9.52. The van der Waals surface area contributed by atoms with Crippen LogP contribution in [-0.2, 0) is 21.8 Å². The Morgan fingerprint density at radius 1 is 1.10 bits per heavy atom. The Balaban J connectivity index is 1.40. The summed E-state index contributed by atoms with van der Waals surface area (Å²) >= 11 is 2.74. The lowest BCUT2D eigenvalue weighted by molar-refractivity contribution is -0.132. The summed E-state index contributed by atoms with van der Waals surface area (Å²) in [5, 5.41) is 20.3. The van der Waals surface area contributed by atoms with Crippen molar-refractivity contribution in [1.82, 2.24) is 10.2 Å². The van der Waals surface area contributed by atoms with E-state index < -0.39 is 17.7 Å². The van der Waals surface area contributed by atoms with Gasteiger partial charge in [-0.1, -0.05) is 65.6 Å². The van der Waals surface area contributed by atoms with Crippen molar-refractivity contribution in [3.8, 4) is 11.5 Å². The topological polar surface area (TPSA) is 102 Å². The van der Waals surface area contributed by atoms with Crippen molar-refractivity contribution in [2.24, 2.45) is 0 Å². The summed E-state index contributed by atoms with van der Waals surface area (Å²) in [6.45, 7) is 1.98. The average molecular weight is 572 g/mol. The van der Waals surface area contributed by atoms with Gasteiger partial charge in [-0.3, -0.25) is 14.5 Å². The number of hydrogen-bond acceptors (Lipinski definition) is 9. The first-order chi connectivity index (χ1) is 19.4. The highest BCUT2D eigenvalue weighted by Gasteiger charge is 2.48. The zero-order chi connectivity index (χ0) is 27.8. The molecule has 1 amide bonds. The predicted molar refractivity (Wildman–Crippen MR) is 154 cm³/mol. The number of nitrogens with zero attached hydrogens (tertiary/aromatic N) is 3. The second-order valence-corrected chi connectivity index (χ2v) is 11.7. The molecule has 1 saturated heterocycles. The SMILES string of the molecule is COc1ccc([C@H]2/C(=C(\O)c3ccc4c(c3)C[C@@H](C)O4)C(=O)C(=O)N2c2nnc(SCc3ccccc3)s2)cc1. The van der Waals surface area contributed by atoms with Gasteiger partial charge in [0.2, 0.25) is 5.13 Å². The molecule has 4 aromatic rings. The number of anilines is 1. The van der Waals surface area contributed by atoms with Gasteiger partial charge in [-0.2, -0.15) is 0 Å². The molecule has 2 aliphatic rings. The van der Waals surface area contributed by atoms with Crippen LogP contribution in [0.5, 0.6) is 11.5 Å². The number of benzene rings is 3. The largest absolute Gasteiger partial charge is 0.507 e. The van der Waals surface area contributed by atoms with Crippen molar-refractivity contribution in [2.45, 2.75) is 35.6 Å². The molecule has 1 aromatic heterocycles. The molecule has 3 aromatic carbocycles. The number of carbonyl (C=O) groups is 2. The van der Waals surface area contributed by atoms with E-state index in [1.165, 1.54) is 28.0 Å². The summed E-state index contributed by atoms with van der Waals surface area (Å²) in [4.78, 5) is 28.3. The monoisotopic (exact) mass is 571 g/mol. The number of carbonyl (C=O) groups excluding carboxylic acids is 2. The number of ketones is 1. The van der Waals surface area contributed by atoms with E-state index in [1.807, 2.05) is 43.3 Å². The van der Waals surface area contributed by atoms with Gasteiger partial charge in [-0.15, -0.1) is 10.2 Å². The molecule has 40 heavy (non-hydrogen) atoms. The maximum atomic E-state index is 13.5. The summed E-state index contributed by atoms with van der Waals surface area (Å²) in [6, 6.07) is 21.5. The number of ether oxygens (including phenoxy) is 2. The highest BCUT2D eigenvalue weighted by atomic mass is 32.2. The summed E-state index contributed by atoms with van der Waals surface area (Å²) in [5.74, 6) is 0.284. The Bertz CT molecular complexity index is 1620. The van der Waals surface area contributed by atoms with Crippen LogP contribution in [0.2, 0.25) is 0 Å². The van der Waals surface area contributed by atoms with Crippen LogP contribution in [0, 0.1) is 0 Å². The number of aromatic nitrogens is 2. The first-order valence-electron chi connectivity index (χ1n) is 12.7. The van der Waals surface area contributed by atoms with Crippen LogP contribution in [0.4, 0.5) is 5.13 Å². The van der Waals surface area contributed by atoms with Crippen LogP contribution < -0.4 is 14.4 Å². The minimum absolute atomic E-state index is 0.00392. The van der Waals surface area contributed by atoms with E-state index in [2.05, 4.69) is 10.2 Å². The number of hydrogen-bond donors (Lipinski definition) is 1. The molecule has 10 heteroatoms. The molecule has 0 saturated carbocycles. The van der Waals surface area contributed by atoms with E-state index in [0.717, 1.165) is 16.9 Å². The lowest BCUT2D eigenvalue weighted by Gasteiger charge is -2.22. The first kappa shape index (κ1) is 26.1. The fraction of sp³-hybridized carbons (Fsp3) is 0.200. The maximum absolute atomic E-state index is 13.5. The van der Waals surface area contributed by atoms with Gasteiger partial charge in [0.25, 0.3) is 5.78 Å². The molecular formula is C30H25N3O5S2. The van der Waals surface area contributed by atoms with Gasteiger partial charge in [0.15, 0.2) is 4.34 Å². The van der Waals surface area contributed by atoms with E-state index in [9.17, 15) is 14.7 Å². The van der Waals surface area contributed by atoms with Crippen LogP contribution in [0.1, 0.15) is 35.2 Å². The van der Waals surface area contributed by atoms with Gasteiger partial charge >= 0.3 is 5.91 Å². The Labute approximate surface area is 239 Å². The molecule has 202 valence electrons. The number of aliphatic hydroxyl groups is 1. The van der Waals surface area contributed by atoms with E-state index in [4.69, 9.17) is 9.47 Å². The van der Waals surface area contributed by atoms with E-state index in [-0.39, 0.29) is 22.6 Å². The van der Waals surface area contributed by atoms with Gasteiger partial charge in [0.05, 0.1) is 18.7 Å². The van der Waals surface area contributed by atoms with E-state index >= 15 is 0 Å². The van der Waals surface area contributed by atoms with Crippen LogP contribution in [0.25, 0.3) is 5.76 Å². The van der Waals surface area contributed by atoms with Crippen molar-refractivity contribution in [2.75, 3.05) is 12.0 Å². The van der Waals surface area contributed by atoms with Gasteiger partial charge < -0.3 is 14.6 Å². The molecule has 1 fully saturated rings. The maximum Gasteiger partial charge on any atom is 0.301 e. The smallest absolute Gasteiger partial charge is 0.301 e. The molecule has 0 radical (unpaired) electrons. The molecule has 1 N–H and O–H groups in total. The van der Waals surface area contributed by atoms with Gasteiger partial charge in [0.1, 0.15) is 23.4 Å². The fourth-order valence-corrected chi connectivity index (χ4v) is 6.76. The highest BCUT2D eigenvalue weighted by molar-refractivity contribution is 8.00. The third kappa shape index (κ3) is 4.84. The minimum atomic E-state index is -0.894.